The van der Waals surface area contributed by atoms with Crippen LogP contribution >= 0.6 is 0 Å². The van der Waals surface area contributed by atoms with Crippen LogP contribution in [0, 0.1) is 11.3 Å². The molecule has 1 aromatic rings. The zero-order chi connectivity index (χ0) is 13.4. The van der Waals surface area contributed by atoms with Crippen LogP contribution in [-0.4, -0.2) is 19.5 Å². The number of rotatable bonds is 7. The van der Waals surface area contributed by atoms with E-state index in [9.17, 15) is 4.79 Å². The monoisotopic (exact) mass is 247 g/mol. The zero-order valence-electron chi connectivity index (χ0n) is 10.7. The first-order valence-electron chi connectivity index (χ1n) is 6.05. The summed E-state index contributed by atoms with van der Waals surface area (Å²) in [5, 5.41) is 9.16. The molecule has 4 heteroatoms. The summed E-state index contributed by atoms with van der Waals surface area (Å²) in [7, 11) is 0. The van der Waals surface area contributed by atoms with Crippen molar-refractivity contribution in [3.05, 3.63) is 23.3 Å². The summed E-state index contributed by atoms with van der Waals surface area (Å²) in [4.78, 5) is 10.9. The predicted molar refractivity (Wildman–Crippen MR) is 68.1 cm³/mol. The molecular formula is C14H17NO3. The normalized spacial score (nSPS) is 9.61. The van der Waals surface area contributed by atoms with Crippen LogP contribution < -0.4 is 9.47 Å². The molecule has 0 aliphatic rings. The molecule has 1 aromatic carbocycles. The Labute approximate surface area is 107 Å². The van der Waals surface area contributed by atoms with Crippen molar-refractivity contribution in [3.63, 3.8) is 0 Å². The Kier molecular flexibility index (Phi) is 5.72. The minimum atomic E-state index is 0.350. The number of carbonyl (C=O) groups excluding carboxylic acids is 1. The third-order valence-electron chi connectivity index (χ3n) is 2.26. The third kappa shape index (κ3) is 3.49. The third-order valence-corrected chi connectivity index (χ3v) is 2.26. The average molecular weight is 247 g/mol. The lowest BCUT2D eigenvalue weighted by Crippen LogP contribution is -2.03. The number of benzene rings is 1. The van der Waals surface area contributed by atoms with E-state index < -0.39 is 0 Å². The molecule has 0 aliphatic heterocycles. The van der Waals surface area contributed by atoms with Crippen molar-refractivity contribution in [2.24, 2.45) is 0 Å². The van der Waals surface area contributed by atoms with Crippen molar-refractivity contribution < 1.29 is 14.3 Å². The lowest BCUT2D eigenvalue weighted by atomic mass is 10.1. The molecule has 0 radical (unpaired) electrons. The smallest absolute Gasteiger partial charge is 0.150 e. The van der Waals surface area contributed by atoms with Crippen molar-refractivity contribution in [2.75, 3.05) is 13.2 Å². The Bertz CT molecular complexity index is 420. The van der Waals surface area contributed by atoms with E-state index in [0.29, 0.717) is 35.8 Å². The Morgan fingerprint density at radius 1 is 1.17 bits per heavy atom. The molecule has 0 fully saturated rings. The number of hydrogen-bond donors (Lipinski definition) is 0. The first-order chi connectivity index (χ1) is 8.76. The topological polar surface area (TPSA) is 59.3 Å². The second-order valence-electron chi connectivity index (χ2n) is 3.82. The maximum atomic E-state index is 10.9. The van der Waals surface area contributed by atoms with Gasteiger partial charge in [0.25, 0.3) is 0 Å². The highest BCUT2D eigenvalue weighted by atomic mass is 16.5. The van der Waals surface area contributed by atoms with Gasteiger partial charge in [0.2, 0.25) is 0 Å². The fourth-order valence-corrected chi connectivity index (χ4v) is 1.44. The summed E-state index contributed by atoms with van der Waals surface area (Å²) in [6.07, 6.45) is 2.39. The molecule has 0 aromatic heterocycles. The number of nitrogens with zero attached hydrogens (tertiary/aromatic N) is 1. The van der Waals surface area contributed by atoms with Gasteiger partial charge < -0.3 is 9.47 Å². The molecule has 0 atom stereocenters. The van der Waals surface area contributed by atoms with Gasteiger partial charge in [-0.3, -0.25) is 4.79 Å². The SMILES string of the molecule is CCCOc1cc(C=O)cc(OCCC)c1C#N. The molecule has 0 spiro atoms. The van der Waals surface area contributed by atoms with Gasteiger partial charge in [0.1, 0.15) is 29.4 Å². The van der Waals surface area contributed by atoms with Gasteiger partial charge in [0.05, 0.1) is 13.2 Å². The summed E-state index contributed by atoms with van der Waals surface area (Å²) in [5.41, 5.74) is 0.800. The fraction of sp³-hybridized carbons (Fsp3) is 0.429. The molecular weight excluding hydrogens is 230 g/mol. The van der Waals surface area contributed by atoms with Gasteiger partial charge in [-0.05, 0) is 25.0 Å². The van der Waals surface area contributed by atoms with E-state index in [2.05, 4.69) is 6.07 Å². The summed E-state index contributed by atoms with van der Waals surface area (Å²) in [6.45, 7) is 4.96. The van der Waals surface area contributed by atoms with Crippen molar-refractivity contribution in [3.8, 4) is 17.6 Å². The summed E-state index contributed by atoms with van der Waals surface area (Å²) >= 11 is 0. The molecule has 0 unspecified atom stereocenters. The fourth-order valence-electron chi connectivity index (χ4n) is 1.44. The Morgan fingerprint density at radius 3 is 2.00 bits per heavy atom. The maximum absolute atomic E-state index is 10.9. The Hall–Kier alpha value is -2.02. The van der Waals surface area contributed by atoms with Gasteiger partial charge in [0.15, 0.2) is 0 Å². The van der Waals surface area contributed by atoms with Crippen LogP contribution in [0.3, 0.4) is 0 Å². The molecule has 4 nitrogen and oxygen atoms in total. The lowest BCUT2D eigenvalue weighted by molar-refractivity contribution is 0.112. The van der Waals surface area contributed by atoms with Crippen molar-refractivity contribution >= 4 is 6.29 Å². The highest BCUT2D eigenvalue weighted by molar-refractivity contribution is 5.78. The summed E-state index contributed by atoms with van der Waals surface area (Å²) < 4.78 is 11.0. The Balaban J connectivity index is 3.13. The highest BCUT2D eigenvalue weighted by Crippen LogP contribution is 2.30. The van der Waals surface area contributed by atoms with E-state index >= 15 is 0 Å². The van der Waals surface area contributed by atoms with E-state index in [4.69, 9.17) is 14.7 Å². The number of nitriles is 1. The Morgan fingerprint density at radius 2 is 1.67 bits per heavy atom. The van der Waals surface area contributed by atoms with Crippen LogP contribution in [0.1, 0.15) is 42.6 Å². The van der Waals surface area contributed by atoms with E-state index in [1.807, 2.05) is 13.8 Å². The van der Waals surface area contributed by atoms with Gasteiger partial charge in [-0.1, -0.05) is 13.8 Å². The van der Waals surface area contributed by atoms with Gasteiger partial charge in [-0.25, -0.2) is 0 Å². The van der Waals surface area contributed by atoms with Crippen LogP contribution in [0.4, 0.5) is 0 Å². The predicted octanol–water partition coefficient (Wildman–Crippen LogP) is 2.95. The van der Waals surface area contributed by atoms with Crippen molar-refractivity contribution in [1.82, 2.24) is 0 Å². The van der Waals surface area contributed by atoms with Crippen LogP contribution in [0.25, 0.3) is 0 Å². The van der Waals surface area contributed by atoms with Crippen LogP contribution in [0.15, 0.2) is 12.1 Å². The molecule has 18 heavy (non-hydrogen) atoms. The molecule has 96 valence electrons. The van der Waals surface area contributed by atoms with Gasteiger partial charge in [0, 0.05) is 5.56 Å². The largest absolute Gasteiger partial charge is 0.492 e. The molecule has 0 amide bonds. The zero-order valence-corrected chi connectivity index (χ0v) is 10.7. The average Bonchev–Trinajstić information content (AvgIpc) is 2.41. The minimum absolute atomic E-state index is 0.350. The molecule has 1 rings (SSSR count). The first kappa shape index (κ1) is 14.0. The van der Waals surface area contributed by atoms with Gasteiger partial charge in [-0.2, -0.15) is 5.26 Å². The number of ether oxygens (including phenoxy) is 2. The van der Waals surface area contributed by atoms with E-state index in [1.54, 1.807) is 12.1 Å². The molecule has 0 saturated heterocycles. The maximum Gasteiger partial charge on any atom is 0.150 e. The second-order valence-corrected chi connectivity index (χ2v) is 3.82. The van der Waals surface area contributed by atoms with Crippen molar-refractivity contribution in [1.29, 1.82) is 5.26 Å². The standard InChI is InChI=1S/C14H17NO3/c1-3-5-17-13-7-11(10-16)8-14(12(13)9-15)18-6-4-2/h7-8,10H,3-6H2,1-2H3. The first-order valence-corrected chi connectivity index (χ1v) is 6.05. The summed E-state index contributed by atoms with van der Waals surface area (Å²) in [6, 6.07) is 5.21. The van der Waals surface area contributed by atoms with Crippen LogP contribution in [-0.2, 0) is 0 Å². The van der Waals surface area contributed by atoms with Crippen molar-refractivity contribution in [2.45, 2.75) is 26.7 Å². The van der Waals surface area contributed by atoms with Gasteiger partial charge in [-0.15, -0.1) is 0 Å². The molecule has 0 aliphatic carbocycles. The van der Waals surface area contributed by atoms with E-state index in [0.717, 1.165) is 19.1 Å². The van der Waals surface area contributed by atoms with E-state index in [1.165, 1.54) is 0 Å². The second kappa shape index (κ2) is 7.33. The molecule has 0 bridgehead atoms. The van der Waals surface area contributed by atoms with Crippen LogP contribution in [0.2, 0.25) is 0 Å². The number of aldehydes is 1. The number of carbonyl (C=O) groups is 1. The lowest BCUT2D eigenvalue weighted by Gasteiger charge is -2.12. The quantitative estimate of drug-likeness (QED) is 0.695. The molecule has 0 heterocycles. The minimum Gasteiger partial charge on any atom is -0.492 e. The van der Waals surface area contributed by atoms with Gasteiger partial charge >= 0.3 is 0 Å². The molecule has 0 N–H and O–H groups in total. The van der Waals surface area contributed by atoms with E-state index in [-0.39, 0.29) is 0 Å². The highest BCUT2D eigenvalue weighted by Gasteiger charge is 2.13. The van der Waals surface area contributed by atoms with Crippen LogP contribution in [0.5, 0.6) is 11.5 Å². The number of hydrogen-bond acceptors (Lipinski definition) is 4. The summed E-state index contributed by atoms with van der Waals surface area (Å²) in [5.74, 6) is 0.824. The molecule has 0 saturated carbocycles.